The van der Waals surface area contributed by atoms with E-state index in [9.17, 15) is 9.59 Å². The van der Waals surface area contributed by atoms with Crippen molar-refractivity contribution in [2.75, 3.05) is 39.9 Å². The monoisotopic (exact) mass is 388 g/mol. The normalized spacial score (nSPS) is 19.0. The van der Waals surface area contributed by atoms with Crippen molar-refractivity contribution >= 4 is 11.8 Å². The Bertz CT molecular complexity index is 630. The van der Waals surface area contributed by atoms with Gasteiger partial charge in [-0.15, -0.1) is 0 Å². The van der Waals surface area contributed by atoms with E-state index in [4.69, 9.17) is 9.47 Å². The average molecular weight is 389 g/mol. The first-order valence-electron chi connectivity index (χ1n) is 10.5. The predicted octanol–water partition coefficient (Wildman–Crippen LogP) is 3.11. The third-order valence-corrected chi connectivity index (χ3v) is 5.61. The minimum Gasteiger partial charge on any atom is -0.490 e. The molecule has 0 atom stereocenters. The smallest absolute Gasteiger partial charge is 0.253 e. The van der Waals surface area contributed by atoms with Gasteiger partial charge in [-0.1, -0.05) is 19.3 Å². The highest BCUT2D eigenvalue weighted by atomic mass is 16.5. The van der Waals surface area contributed by atoms with E-state index in [1.165, 1.54) is 26.4 Å². The van der Waals surface area contributed by atoms with Gasteiger partial charge in [-0.3, -0.25) is 9.59 Å². The number of hydrogen-bond donors (Lipinski definition) is 0. The summed E-state index contributed by atoms with van der Waals surface area (Å²) in [6.07, 6.45) is 7.62. The summed E-state index contributed by atoms with van der Waals surface area (Å²) in [6.45, 7) is 3.24. The number of hydrogen-bond acceptors (Lipinski definition) is 4. The molecule has 0 saturated carbocycles. The SMILES string of the molecule is COCC(=O)N1CCC(Oc2ccc(C(=O)N3CCCCCCC3)cc2)CC1. The zero-order chi connectivity index (χ0) is 19.8. The molecule has 2 saturated heterocycles. The van der Waals surface area contributed by atoms with Gasteiger partial charge in [0, 0.05) is 51.7 Å². The predicted molar refractivity (Wildman–Crippen MR) is 108 cm³/mol. The average Bonchev–Trinajstić information content (AvgIpc) is 2.69. The quantitative estimate of drug-likeness (QED) is 0.778. The lowest BCUT2D eigenvalue weighted by molar-refractivity contribution is -0.136. The molecule has 1 aromatic rings. The molecule has 0 N–H and O–H groups in total. The highest BCUT2D eigenvalue weighted by molar-refractivity contribution is 5.94. The summed E-state index contributed by atoms with van der Waals surface area (Å²) >= 11 is 0. The first-order chi connectivity index (χ1) is 13.7. The molecule has 0 aliphatic carbocycles. The van der Waals surface area contributed by atoms with Gasteiger partial charge in [0.25, 0.3) is 5.91 Å². The molecule has 2 heterocycles. The van der Waals surface area contributed by atoms with Crippen LogP contribution in [-0.4, -0.2) is 67.6 Å². The van der Waals surface area contributed by atoms with Crippen molar-refractivity contribution in [3.63, 3.8) is 0 Å². The topological polar surface area (TPSA) is 59.1 Å². The van der Waals surface area contributed by atoms with E-state index in [-0.39, 0.29) is 24.5 Å². The van der Waals surface area contributed by atoms with E-state index in [1.807, 2.05) is 34.1 Å². The molecule has 2 fully saturated rings. The molecule has 6 heteroatoms. The number of likely N-dealkylation sites (tertiary alicyclic amines) is 2. The van der Waals surface area contributed by atoms with Crippen molar-refractivity contribution in [3.05, 3.63) is 29.8 Å². The minimum absolute atomic E-state index is 0.0352. The van der Waals surface area contributed by atoms with Crippen molar-refractivity contribution in [2.45, 2.75) is 51.0 Å². The second kappa shape index (κ2) is 10.5. The first-order valence-corrected chi connectivity index (χ1v) is 10.5. The second-order valence-electron chi connectivity index (χ2n) is 7.72. The maximum atomic E-state index is 12.8. The van der Waals surface area contributed by atoms with Crippen molar-refractivity contribution in [2.24, 2.45) is 0 Å². The highest BCUT2D eigenvalue weighted by Gasteiger charge is 2.24. The lowest BCUT2D eigenvalue weighted by Gasteiger charge is -2.32. The van der Waals surface area contributed by atoms with Gasteiger partial charge in [0.05, 0.1) is 0 Å². The minimum atomic E-state index is 0.0352. The maximum Gasteiger partial charge on any atom is 0.253 e. The van der Waals surface area contributed by atoms with Crippen LogP contribution in [-0.2, 0) is 9.53 Å². The number of methoxy groups -OCH3 is 1. The van der Waals surface area contributed by atoms with Crippen LogP contribution in [0.25, 0.3) is 0 Å². The molecule has 0 radical (unpaired) electrons. The molecule has 6 nitrogen and oxygen atoms in total. The Morgan fingerprint density at radius 3 is 2.11 bits per heavy atom. The fourth-order valence-corrected chi connectivity index (χ4v) is 3.94. The number of carbonyl (C=O) groups excluding carboxylic acids is 2. The summed E-state index contributed by atoms with van der Waals surface area (Å²) in [7, 11) is 1.54. The summed E-state index contributed by atoms with van der Waals surface area (Å²) in [4.78, 5) is 28.4. The van der Waals surface area contributed by atoms with Crippen LogP contribution in [0.4, 0.5) is 0 Å². The van der Waals surface area contributed by atoms with Crippen LogP contribution < -0.4 is 4.74 Å². The van der Waals surface area contributed by atoms with E-state index in [0.29, 0.717) is 13.1 Å². The summed E-state index contributed by atoms with van der Waals surface area (Å²) in [5.41, 5.74) is 0.730. The Morgan fingerprint density at radius 1 is 0.893 bits per heavy atom. The number of ether oxygens (including phenoxy) is 2. The lowest BCUT2D eigenvalue weighted by atomic mass is 10.1. The molecule has 2 aliphatic heterocycles. The molecular formula is C22H32N2O4. The standard InChI is InChI=1S/C22H32N2O4/c1-27-17-21(25)23-15-11-20(12-16-23)28-19-9-7-18(8-10-19)22(26)24-13-5-3-2-4-6-14-24/h7-10,20H,2-6,11-17H2,1H3. The van der Waals surface area contributed by atoms with E-state index in [0.717, 1.165) is 50.1 Å². The van der Waals surface area contributed by atoms with E-state index < -0.39 is 0 Å². The van der Waals surface area contributed by atoms with Gasteiger partial charge >= 0.3 is 0 Å². The number of benzene rings is 1. The van der Waals surface area contributed by atoms with Gasteiger partial charge in [0.2, 0.25) is 5.91 Å². The Kier molecular flexibility index (Phi) is 7.71. The number of carbonyl (C=O) groups is 2. The zero-order valence-electron chi connectivity index (χ0n) is 16.9. The van der Waals surface area contributed by atoms with E-state index >= 15 is 0 Å². The molecule has 0 spiro atoms. The van der Waals surface area contributed by atoms with Gasteiger partial charge in [0.15, 0.2) is 0 Å². The summed E-state index contributed by atoms with van der Waals surface area (Å²) in [5, 5.41) is 0. The number of nitrogens with zero attached hydrogens (tertiary/aromatic N) is 2. The van der Waals surface area contributed by atoms with Crippen LogP contribution in [0.5, 0.6) is 5.75 Å². The molecule has 28 heavy (non-hydrogen) atoms. The van der Waals surface area contributed by atoms with Crippen LogP contribution >= 0.6 is 0 Å². The van der Waals surface area contributed by atoms with E-state index in [2.05, 4.69) is 0 Å². The van der Waals surface area contributed by atoms with E-state index in [1.54, 1.807) is 0 Å². The molecule has 3 rings (SSSR count). The largest absolute Gasteiger partial charge is 0.490 e. The van der Waals surface area contributed by atoms with Crippen LogP contribution in [0.2, 0.25) is 0 Å². The molecular weight excluding hydrogens is 356 g/mol. The number of amides is 2. The van der Waals surface area contributed by atoms with Gasteiger partial charge in [0.1, 0.15) is 18.5 Å². The van der Waals surface area contributed by atoms with Crippen molar-refractivity contribution in [1.82, 2.24) is 9.80 Å². The molecule has 0 bridgehead atoms. The number of piperidine rings is 1. The Balaban J connectivity index is 1.49. The summed E-state index contributed by atoms with van der Waals surface area (Å²) < 4.78 is 11.0. The highest BCUT2D eigenvalue weighted by Crippen LogP contribution is 2.21. The van der Waals surface area contributed by atoms with Gasteiger partial charge in [-0.25, -0.2) is 0 Å². The van der Waals surface area contributed by atoms with Crippen LogP contribution in [0.3, 0.4) is 0 Å². The lowest BCUT2D eigenvalue weighted by Crippen LogP contribution is -2.43. The Hall–Kier alpha value is -2.08. The summed E-state index contributed by atoms with van der Waals surface area (Å²) in [6, 6.07) is 7.51. The zero-order valence-corrected chi connectivity index (χ0v) is 16.9. The van der Waals surface area contributed by atoms with Gasteiger partial charge < -0.3 is 19.3 Å². The van der Waals surface area contributed by atoms with Crippen molar-refractivity contribution in [1.29, 1.82) is 0 Å². The van der Waals surface area contributed by atoms with Crippen LogP contribution in [0.1, 0.15) is 55.3 Å². The van der Waals surface area contributed by atoms with Gasteiger partial charge in [-0.05, 0) is 37.1 Å². The maximum absolute atomic E-state index is 12.8. The fourth-order valence-electron chi connectivity index (χ4n) is 3.94. The Labute approximate surface area is 167 Å². The molecule has 1 aromatic carbocycles. The third-order valence-electron chi connectivity index (χ3n) is 5.61. The molecule has 0 unspecified atom stereocenters. The summed E-state index contributed by atoms with van der Waals surface area (Å²) in [5.74, 6) is 0.942. The van der Waals surface area contributed by atoms with Crippen molar-refractivity contribution in [3.8, 4) is 5.75 Å². The second-order valence-corrected chi connectivity index (χ2v) is 7.72. The van der Waals surface area contributed by atoms with Crippen molar-refractivity contribution < 1.29 is 19.1 Å². The van der Waals surface area contributed by atoms with Gasteiger partial charge in [-0.2, -0.15) is 0 Å². The molecule has 2 aliphatic rings. The fraction of sp³-hybridized carbons (Fsp3) is 0.636. The third kappa shape index (κ3) is 5.71. The first kappa shape index (κ1) is 20.6. The Morgan fingerprint density at radius 2 is 1.50 bits per heavy atom. The molecule has 2 amide bonds. The molecule has 0 aromatic heterocycles. The molecule has 154 valence electrons. The van der Waals surface area contributed by atoms with Crippen LogP contribution in [0.15, 0.2) is 24.3 Å². The number of rotatable bonds is 5. The van der Waals surface area contributed by atoms with Crippen LogP contribution in [0, 0.1) is 0 Å².